The SMILES string of the molecule is O=C(COc1ccc(F)cc1)NCCC(O)c1ccccc1. The van der Waals surface area contributed by atoms with E-state index >= 15 is 0 Å². The molecule has 0 aliphatic heterocycles. The van der Waals surface area contributed by atoms with Crippen LogP contribution in [0.5, 0.6) is 5.75 Å². The monoisotopic (exact) mass is 303 g/mol. The fourth-order valence-electron chi connectivity index (χ4n) is 1.92. The van der Waals surface area contributed by atoms with Crippen molar-refractivity contribution in [1.29, 1.82) is 0 Å². The van der Waals surface area contributed by atoms with Crippen LogP contribution in [0.15, 0.2) is 54.6 Å². The Balaban J connectivity index is 1.66. The van der Waals surface area contributed by atoms with Crippen LogP contribution in [0, 0.1) is 5.82 Å². The third-order valence-corrected chi connectivity index (χ3v) is 3.11. The summed E-state index contributed by atoms with van der Waals surface area (Å²) in [5.74, 6) is -0.211. The highest BCUT2D eigenvalue weighted by atomic mass is 19.1. The number of halogens is 1. The summed E-state index contributed by atoms with van der Waals surface area (Å²) in [6, 6.07) is 14.7. The summed E-state index contributed by atoms with van der Waals surface area (Å²) in [4.78, 5) is 11.6. The second-order valence-electron chi connectivity index (χ2n) is 4.81. The summed E-state index contributed by atoms with van der Waals surface area (Å²) >= 11 is 0. The highest BCUT2D eigenvalue weighted by molar-refractivity contribution is 5.77. The predicted octanol–water partition coefficient (Wildman–Crippen LogP) is 2.44. The van der Waals surface area contributed by atoms with Crippen LogP contribution in [0.3, 0.4) is 0 Å². The number of rotatable bonds is 7. The van der Waals surface area contributed by atoms with Crippen molar-refractivity contribution in [2.24, 2.45) is 0 Å². The molecule has 0 fully saturated rings. The maximum absolute atomic E-state index is 12.7. The molecule has 0 heterocycles. The molecule has 2 aromatic rings. The van der Waals surface area contributed by atoms with Crippen molar-refractivity contribution in [3.8, 4) is 5.75 Å². The number of carbonyl (C=O) groups excluding carboxylic acids is 1. The lowest BCUT2D eigenvalue weighted by Crippen LogP contribution is -2.30. The van der Waals surface area contributed by atoms with Crippen LogP contribution >= 0.6 is 0 Å². The molecule has 116 valence electrons. The summed E-state index contributed by atoms with van der Waals surface area (Å²) in [6.07, 6.45) is -0.189. The smallest absolute Gasteiger partial charge is 0.257 e. The number of aliphatic hydroxyl groups is 1. The number of hydrogen-bond donors (Lipinski definition) is 2. The molecule has 2 N–H and O–H groups in total. The van der Waals surface area contributed by atoms with E-state index in [-0.39, 0.29) is 18.3 Å². The third-order valence-electron chi connectivity index (χ3n) is 3.11. The number of benzene rings is 2. The summed E-state index contributed by atoms with van der Waals surface area (Å²) < 4.78 is 17.9. The zero-order valence-electron chi connectivity index (χ0n) is 12.0. The van der Waals surface area contributed by atoms with Crippen molar-refractivity contribution in [3.05, 3.63) is 66.0 Å². The number of ether oxygens (including phenoxy) is 1. The molecule has 0 aliphatic rings. The second-order valence-corrected chi connectivity index (χ2v) is 4.81. The van der Waals surface area contributed by atoms with Crippen molar-refractivity contribution in [2.45, 2.75) is 12.5 Å². The molecule has 0 aliphatic carbocycles. The van der Waals surface area contributed by atoms with Crippen LogP contribution in [-0.2, 0) is 4.79 Å². The van der Waals surface area contributed by atoms with E-state index in [2.05, 4.69) is 5.32 Å². The minimum atomic E-state index is -0.612. The van der Waals surface area contributed by atoms with Gasteiger partial charge in [0.15, 0.2) is 6.61 Å². The van der Waals surface area contributed by atoms with E-state index in [1.807, 2.05) is 30.3 Å². The molecular weight excluding hydrogens is 285 g/mol. The molecule has 4 nitrogen and oxygen atoms in total. The van der Waals surface area contributed by atoms with E-state index in [0.717, 1.165) is 5.56 Å². The van der Waals surface area contributed by atoms with Gasteiger partial charge >= 0.3 is 0 Å². The van der Waals surface area contributed by atoms with E-state index in [1.165, 1.54) is 24.3 Å². The lowest BCUT2D eigenvalue weighted by atomic mass is 10.1. The maximum Gasteiger partial charge on any atom is 0.257 e. The molecule has 0 radical (unpaired) electrons. The molecule has 5 heteroatoms. The van der Waals surface area contributed by atoms with Crippen molar-refractivity contribution < 1.29 is 19.0 Å². The van der Waals surface area contributed by atoms with Gasteiger partial charge in [-0.15, -0.1) is 0 Å². The van der Waals surface area contributed by atoms with Crippen LogP contribution in [0.2, 0.25) is 0 Å². The summed E-state index contributed by atoms with van der Waals surface area (Å²) in [7, 11) is 0. The quantitative estimate of drug-likeness (QED) is 0.826. The van der Waals surface area contributed by atoms with E-state index in [0.29, 0.717) is 18.7 Å². The number of nitrogens with one attached hydrogen (secondary N) is 1. The predicted molar refractivity (Wildman–Crippen MR) is 80.9 cm³/mol. The van der Waals surface area contributed by atoms with Gasteiger partial charge in [0.2, 0.25) is 0 Å². The van der Waals surface area contributed by atoms with Gasteiger partial charge in [0.1, 0.15) is 11.6 Å². The minimum absolute atomic E-state index is 0.146. The van der Waals surface area contributed by atoms with Crippen LogP contribution in [-0.4, -0.2) is 24.2 Å². The Labute approximate surface area is 128 Å². The highest BCUT2D eigenvalue weighted by Crippen LogP contribution is 2.15. The van der Waals surface area contributed by atoms with Crippen LogP contribution in [0.4, 0.5) is 4.39 Å². The molecule has 1 unspecified atom stereocenters. The fraction of sp³-hybridized carbons (Fsp3) is 0.235. The Kier molecular flexibility index (Phi) is 5.91. The van der Waals surface area contributed by atoms with Gasteiger partial charge in [-0.25, -0.2) is 4.39 Å². The van der Waals surface area contributed by atoms with Gasteiger partial charge in [-0.2, -0.15) is 0 Å². The Morgan fingerprint density at radius 1 is 1.14 bits per heavy atom. The summed E-state index contributed by atoms with van der Waals surface area (Å²) in [6.45, 7) is 0.203. The molecule has 1 atom stereocenters. The molecule has 0 saturated carbocycles. The standard InChI is InChI=1S/C17H18FNO3/c18-14-6-8-15(9-7-14)22-12-17(21)19-11-10-16(20)13-4-2-1-3-5-13/h1-9,16,20H,10-12H2,(H,19,21). The molecule has 0 spiro atoms. The first kappa shape index (κ1) is 16.0. The third kappa shape index (κ3) is 5.18. The largest absolute Gasteiger partial charge is 0.484 e. The van der Waals surface area contributed by atoms with E-state index in [1.54, 1.807) is 0 Å². The van der Waals surface area contributed by atoms with Crippen molar-refractivity contribution in [3.63, 3.8) is 0 Å². The Bertz CT molecular complexity index is 587. The van der Waals surface area contributed by atoms with Gasteiger partial charge in [-0.1, -0.05) is 30.3 Å². The molecule has 0 aromatic heterocycles. The van der Waals surface area contributed by atoms with Gasteiger partial charge in [-0.3, -0.25) is 4.79 Å². The Hall–Kier alpha value is -2.40. The van der Waals surface area contributed by atoms with Crippen LogP contribution in [0.1, 0.15) is 18.1 Å². The van der Waals surface area contributed by atoms with Crippen molar-refractivity contribution >= 4 is 5.91 Å². The lowest BCUT2D eigenvalue weighted by molar-refractivity contribution is -0.123. The molecule has 2 aromatic carbocycles. The molecule has 22 heavy (non-hydrogen) atoms. The molecule has 1 amide bonds. The second kappa shape index (κ2) is 8.14. The van der Waals surface area contributed by atoms with Gasteiger partial charge in [0.25, 0.3) is 5.91 Å². The van der Waals surface area contributed by atoms with Crippen molar-refractivity contribution in [1.82, 2.24) is 5.32 Å². The van der Waals surface area contributed by atoms with Gasteiger partial charge < -0.3 is 15.2 Å². The number of hydrogen-bond acceptors (Lipinski definition) is 3. The normalized spacial score (nSPS) is 11.7. The van der Waals surface area contributed by atoms with Gasteiger partial charge in [-0.05, 0) is 36.2 Å². The number of amides is 1. The zero-order valence-corrected chi connectivity index (χ0v) is 12.0. The lowest BCUT2D eigenvalue weighted by Gasteiger charge is -2.12. The Morgan fingerprint density at radius 3 is 2.50 bits per heavy atom. The average molecular weight is 303 g/mol. The van der Waals surface area contributed by atoms with E-state index in [4.69, 9.17) is 4.74 Å². The molecule has 0 bridgehead atoms. The minimum Gasteiger partial charge on any atom is -0.484 e. The first-order valence-electron chi connectivity index (χ1n) is 7.03. The van der Waals surface area contributed by atoms with E-state index < -0.39 is 6.10 Å². The first-order chi connectivity index (χ1) is 10.6. The summed E-state index contributed by atoms with van der Waals surface area (Å²) in [5.41, 5.74) is 0.819. The van der Waals surface area contributed by atoms with Crippen LogP contribution < -0.4 is 10.1 Å². The van der Waals surface area contributed by atoms with Gasteiger partial charge in [0, 0.05) is 6.54 Å². The topological polar surface area (TPSA) is 58.6 Å². The number of aliphatic hydroxyl groups excluding tert-OH is 1. The first-order valence-corrected chi connectivity index (χ1v) is 7.03. The van der Waals surface area contributed by atoms with Crippen LogP contribution in [0.25, 0.3) is 0 Å². The summed E-state index contributed by atoms with van der Waals surface area (Å²) in [5, 5.41) is 12.6. The average Bonchev–Trinajstić information content (AvgIpc) is 2.55. The van der Waals surface area contributed by atoms with Crippen molar-refractivity contribution in [2.75, 3.05) is 13.2 Å². The highest BCUT2D eigenvalue weighted by Gasteiger charge is 2.08. The van der Waals surface area contributed by atoms with E-state index in [9.17, 15) is 14.3 Å². The molecule has 0 saturated heterocycles. The molecular formula is C17H18FNO3. The Morgan fingerprint density at radius 2 is 1.82 bits per heavy atom. The maximum atomic E-state index is 12.7. The fourth-order valence-corrected chi connectivity index (χ4v) is 1.92. The van der Waals surface area contributed by atoms with Gasteiger partial charge in [0.05, 0.1) is 6.10 Å². The number of carbonyl (C=O) groups is 1. The zero-order chi connectivity index (χ0) is 15.8. The molecule has 2 rings (SSSR count).